The summed E-state index contributed by atoms with van der Waals surface area (Å²) < 4.78 is 5.45. The van der Waals surface area contributed by atoms with Gasteiger partial charge in [0.25, 0.3) is 0 Å². The van der Waals surface area contributed by atoms with Crippen molar-refractivity contribution in [1.29, 1.82) is 0 Å². The van der Waals surface area contributed by atoms with Crippen LogP contribution in [-0.4, -0.2) is 10.9 Å². The van der Waals surface area contributed by atoms with E-state index in [1.165, 1.54) is 18.3 Å². The van der Waals surface area contributed by atoms with Crippen LogP contribution in [0.25, 0.3) is 0 Å². The molecule has 0 aliphatic heterocycles. The highest BCUT2D eigenvalue weighted by Crippen LogP contribution is 2.30. The van der Waals surface area contributed by atoms with E-state index >= 15 is 0 Å². The maximum atomic E-state index is 11.0. The molecule has 0 fully saturated rings. The lowest BCUT2D eigenvalue weighted by Gasteiger charge is -2.07. The topological polar surface area (TPSA) is 65.2 Å². The summed E-state index contributed by atoms with van der Waals surface area (Å²) in [5.41, 5.74) is 5.47. The zero-order chi connectivity index (χ0) is 13.1. The van der Waals surface area contributed by atoms with Crippen LogP contribution in [0.1, 0.15) is 10.4 Å². The number of carbonyl (C=O) groups is 1. The molecule has 1 aromatic heterocycles. The Labute approximate surface area is 113 Å². The van der Waals surface area contributed by atoms with Gasteiger partial charge in [-0.3, -0.25) is 4.79 Å². The van der Waals surface area contributed by atoms with E-state index in [4.69, 9.17) is 33.7 Å². The minimum absolute atomic E-state index is 0.232. The largest absolute Gasteiger partial charge is 0.437 e. The van der Waals surface area contributed by atoms with Gasteiger partial charge < -0.3 is 10.5 Å². The summed E-state index contributed by atoms with van der Waals surface area (Å²) in [5, 5.41) is 0.861. The minimum atomic E-state index is -0.551. The van der Waals surface area contributed by atoms with E-state index < -0.39 is 5.91 Å². The number of halogens is 2. The van der Waals surface area contributed by atoms with Crippen molar-refractivity contribution in [3.05, 3.63) is 52.1 Å². The zero-order valence-corrected chi connectivity index (χ0v) is 10.6. The summed E-state index contributed by atoms with van der Waals surface area (Å²) in [6, 6.07) is 7.74. The number of ether oxygens (including phenoxy) is 1. The van der Waals surface area contributed by atoms with E-state index in [-0.39, 0.29) is 5.88 Å². The zero-order valence-electron chi connectivity index (χ0n) is 9.06. The first-order chi connectivity index (χ1) is 8.56. The van der Waals surface area contributed by atoms with Crippen LogP contribution in [0.2, 0.25) is 10.0 Å². The molecule has 4 nitrogen and oxygen atoms in total. The third-order valence-electron chi connectivity index (χ3n) is 2.13. The minimum Gasteiger partial charge on any atom is -0.437 e. The van der Waals surface area contributed by atoms with Crippen LogP contribution in [0.4, 0.5) is 0 Å². The van der Waals surface area contributed by atoms with Crippen LogP contribution in [0.3, 0.4) is 0 Å². The predicted molar refractivity (Wildman–Crippen MR) is 69.3 cm³/mol. The van der Waals surface area contributed by atoms with Crippen molar-refractivity contribution in [1.82, 2.24) is 4.98 Å². The molecule has 2 aromatic rings. The fourth-order valence-corrected chi connectivity index (χ4v) is 1.74. The Hall–Kier alpha value is -1.78. The van der Waals surface area contributed by atoms with Gasteiger partial charge in [0.05, 0.1) is 5.02 Å². The molecule has 0 bridgehead atoms. The molecule has 92 valence electrons. The number of pyridine rings is 1. The molecule has 0 atom stereocenters. The van der Waals surface area contributed by atoms with Crippen molar-refractivity contribution < 1.29 is 9.53 Å². The Kier molecular flexibility index (Phi) is 3.69. The molecular weight excluding hydrogens is 275 g/mol. The number of amides is 1. The lowest BCUT2D eigenvalue weighted by molar-refractivity contribution is 0.1000. The van der Waals surface area contributed by atoms with Crippen LogP contribution in [-0.2, 0) is 0 Å². The molecule has 0 saturated heterocycles. The van der Waals surface area contributed by atoms with E-state index in [1.54, 1.807) is 18.2 Å². The maximum Gasteiger partial charge on any atom is 0.248 e. The molecule has 6 heteroatoms. The summed E-state index contributed by atoms with van der Waals surface area (Å²) in [6.07, 6.45) is 1.43. The number of aromatic nitrogens is 1. The van der Waals surface area contributed by atoms with E-state index in [9.17, 15) is 4.79 Å². The summed E-state index contributed by atoms with van der Waals surface area (Å²) in [5.74, 6) is 0.0789. The van der Waals surface area contributed by atoms with Crippen LogP contribution >= 0.6 is 23.2 Å². The Morgan fingerprint density at radius 3 is 2.67 bits per heavy atom. The molecule has 0 aliphatic carbocycles. The van der Waals surface area contributed by atoms with Crippen molar-refractivity contribution in [2.45, 2.75) is 0 Å². The second-order valence-corrected chi connectivity index (χ2v) is 4.27. The van der Waals surface area contributed by atoms with Gasteiger partial charge in [-0.1, -0.05) is 23.2 Å². The summed E-state index contributed by atoms with van der Waals surface area (Å²) >= 11 is 11.7. The molecular formula is C12H8Cl2N2O2. The molecule has 0 saturated carbocycles. The molecule has 0 unspecified atom stereocenters. The van der Waals surface area contributed by atoms with E-state index in [1.807, 2.05) is 0 Å². The van der Waals surface area contributed by atoms with Gasteiger partial charge in [0, 0.05) is 22.8 Å². The molecule has 0 spiro atoms. The fourth-order valence-electron chi connectivity index (χ4n) is 1.29. The SMILES string of the molecule is NC(=O)c1ccnc(Oc2ccc(Cl)cc2Cl)c1. The third-order valence-corrected chi connectivity index (χ3v) is 2.66. The summed E-state index contributed by atoms with van der Waals surface area (Å²) in [7, 11) is 0. The van der Waals surface area contributed by atoms with Gasteiger partial charge in [-0.2, -0.15) is 0 Å². The van der Waals surface area contributed by atoms with Crippen LogP contribution < -0.4 is 10.5 Å². The number of carbonyl (C=O) groups excluding carboxylic acids is 1. The lowest BCUT2D eigenvalue weighted by Crippen LogP contribution is -2.10. The normalized spacial score (nSPS) is 10.1. The third kappa shape index (κ3) is 2.91. The van der Waals surface area contributed by atoms with Gasteiger partial charge in [-0.25, -0.2) is 4.98 Å². The number of rotatable bonds is 3. The van der Waals surface area contributed by atoms with E-state index in [2.05, 4.69) is 4.98 Å². The van der Waals surface area contributed by atoms with Crippen LogP contribution in [0, 0.1) is 0 Å². The number of hydrogen-bond acceptors (Lipinski definition) is 3. The van der Waals surface area contributed by atoms with Gasteiger partial charge in [-0.05, 0) is 24.3 Å². The van der Waals surface area contributed by atoms with Gasteiger partial charge in [0.1, 0.15) is 5.75 Å². The van der Waals surface area contributed by atoms with E-state index in [0.717, 1.165) is 0 Å². The Bertz CT molecular complexity index is 602. The number of nitrogens with two attached hydrogens (primary N) is 1. The van der Waals surface area contributed by atoms with Crippen LogP contribution in [0.15, 0.2) is 36.5 Å². The summed E-state index contributed by atoms with van der Waals surface area (Å²) in [6.45, 7) is 0. The highest BCUT2D eigenvalue weighted by atomic mass is 35.5. The number of benzene rings is 1. The monoisotopic (exact) mass is 282 g/mol. The molecule has 2 N–H and O–H groups in total. The van der Waals surface area contributed by atoms with Crippen molar-refractivity contribution in [3.63, 3.8) is 0 Å². The number of primary amides is 1. The first kappa shape index (κ1) is 12.7. The number of nitrogens with zero attached hydrogens (tertiary/aromatic N) is 1. The fraction of sp³-hybridized carbons (Fsp3) is 0. The summed E-state index contributed by atoms with van der Waals surface area (Å²) in [4.78, 5) is 15.0. The second kappa shape index (κ2) is 5.25. The first-order valence-electron chi connectivity index (χ1n) is 4.95. The molecule has 0 radical (unpaired) electrons. The van der Waals surface area contributed by atoms with Crippen molar-refractivity contribution in [2.24, 2.45) is 5.73 Å². The van der Waals surface area contributed by atoms with Gasteiger partial charge >= 0.3 is 0 Å². The average Bonchev–Trinajstić information content (AvgIpc) is 2.33. The van der Waals surface area contributed by atoms with E-state index in [0.29, 0.717) is 21.4 Å². The van der Waals surface area contributed by atoms with Crippen molar-refractivity contribution in [3.8, 4) is 11.6 Å². The van der Waals surface area contributed by atoms with Crippen molar-refractivity contribution >= 4 is 29.1 Å². The Morgan fingerprint density at radius 2 is 2.00 bits per heavy atom. The highest BCUT2D eigenvalue weighted by molar-refractivity contribution is 6.35. The molecule has 1 heterocycles. The van der Waals surface area contributed by atoms with Crippen LogP contribution in [0.5, 0.6) is 11.6 Å². The Balaban J connectivity index is 2.28. The first-order valence-corrected chi connectivity index (χ1v) is 5.70. The Morgan fingerprint density at radius 1 is 1.22 bits per heavy atom. The maximum absolute atomic E-state index is 11.0. The predicted octanol–water partition coefficient (Wildman–Crippen LogP) is 3.28. The molecule has 1 amide bonds. The molecule has 1 aromatic carbocycles. The quantitative estimate of drug-likeness (QED) is 0.940. The van der Waals surface area contributed by atoms with Gasteiger partial charge in [-0.15, -0.1) is 0 Å². The van der Waals surface area contributed by atoms with Gasteiger partial charge in [0.15, 0.2) is 0 Å². The average molecular weight is 283 g/mol. The van der Waals surface area contributed by atoms with Crippen molar-refractivity contribution in [2.75, 3.05) is 0 Å². The van der Waals surface area contributed by atoms with Gasteiger partial charge in [0.2, 0.25) is 11.8 Å². The highest BCUT2D eigenvalue weighted by Gasteiger charge is 2.07. The number of hydrogen-bond donors (Lipinski definition) is 1. The molecule has 18 heavy (non-hydrogen) atoms. The standard InChI is InChI=1S/C12H8Cl2N2O2/c13-8-1-2-10(9(14)6-8)18-11-5-7(12(15)17)3-4-16-11/h1-6H,(H2,15,17). The smallest absolute Gasteiger partial charge is 0.248 e. The second-order valence-electron chi connectivity index (χ2n) is 3.42. The molecule has 0 aliphatic rings. The molecule has 2 rings (SSSR count). The lowest BCUT2D eigenvalue weighted by atomic mass is 10.2.